The van der Waals surface area contributed by atoms with Gasteiger partial charge < -0.3 is 4.90 Å². The minimum absolute atomic E-state index is 0.174. The number of hydrogen-bond donors (Lipinski definition) is 0. The molecular weight excluding hydrogens is 229 g/mol. The van der Waals surface area contributed by atoms with Gasteiger partial charge in [-0.05, 0) is 57.7 Å². The van der Waals surface area contributed by atoms with Crippen molar-refractivity contribution in [2.75, 3.05) is 0 Å². The molecule has 18 heavy (non-hydrogen) atoms. The van der Waals surface area contributed by atoms with E-state index in [0.717, 1.165) is 24.8 Å². The number of carbonyl (C=O) groups is 1. The normalized spacial score (nSPS) is 24.1. The molecule has 0 spiro atoms. The minimum Gasteiger partial charge on any atom is -0.333 e. The Balaban J connectivity index is 2.29. The van der Waals surface area contributed by atoms with Gasteiger partial charge in [-0.25, -0.2) is 4.39 Å². The highest BCUT2D eigenvalue weighted by molar-refractivity contribution is 5.95. The van der Waals surface area contributed by atoms with Gasteiger partial charge in [0.1, 0.15) is 5.82 Å². The van der Waals surface area contributed by atoms with Crippen molar-refractivity contribution in [3.05, 3.63) is 35.1 Å². The lowest BCUT2D eigenvalue weighted by Gasteiger charge is -2.39. The predicted octanol–water partition coefficient (Wildman–Crippen LogP) is 3.54. The van der Waals surface area contributed by atoms with Crippen LogP contribution in [-0.4, -0.2) is 22.9 Å². The summed E-state index contributed by atoms with van der Waals surface area (Å²) in [5.74, 6) is -0.586. The lowest BCUT2D eigenvalue weighted by Crippen LogP contribution is -2.47. The molecule has 0 aromatic heterocycles. The fourth-order valence-electron chi connectivity index (χ4n) is 2.75. The van der Waals surface area contributed by atoms with Crippen molar-refractivity contribution in [1.29, 1.82) is 0 Å². The van der Waals surface area contributed by atoms with Gasteiger partial charge in [-0.15, -0.1) is 0 Å². The first kappa shape index (κ1) is 13.1. The van der Waals surface area contributed by atoms with E-state index in [1.165, 1.54) is 6.07 Å². The summed E-state index contributed by atoms with van der Waals surface area (Å²) in [5.41, 5.74) is 1.03. The molecule has 0 bridgehead atoms. The second-order valence-electron chi connectivity index (χ2n) is 5.32. The molecule has 1 aliphatic heterocycles. The second-order valence-corrected chi connectivity index (χ2v) is 5.32. The maximum atomic E-state index is 13.9. The summed E-state index contributed by atoms with van der Waals surface area (Å²) < 4.78 is 13.9. The summed E-state index contributed by atoms with van der Waals surface area (Å²) >= 11 is 0. The van der Waals surface area contributed by atoms with E-state index in [2.05, 4.69) is 0 Å². The lowest BCUT2D eigenvalue weighted by atomic mass is 9.96. The number of halogens is 1. The van der Waals surface area contributed by atoms with Gasteiger partial charge in [0.25, 0.3) is 5.91 Å². The number of aryl methyl sites for hydroxylation is 1. The number of benzene rings is 1. The maximum absolute atomic E-state index is 13.9. The van der Waals surface area contributed by atoms with Gasteiger partial charge in [-0.1, -0.05) is 6.07 Å². The Kier molecular flexibility index (Phi) is 3.69. The van der Waals surface area contributed by atoms with Gasteiger partial charge in [0.05, 0.1) is 5.56 Å². The lowest BCUT2D eigenvalue weighted by molar-refractivity contribution is 0.0506. The van der Waals surface area contributed by atoms with Gasteiger partial charge >= 0.3 is 0 Å². The summed E-state index contributed by atoms with van der Waals surface area (Å²) in [6, 6.07) is 5.20. The van der Waals surface area contributed by atoms with Crippen LogP contribution >= 0.6 is 0 Å². The molecule has 1 saturated heterocycles. The van der Waals surface area contributed by atoms with Crippen molar-refractivity contribution in [3.8, 4) is 0 Å². The molecule has 1 fully saturated rings. The third-order valence-corrected chi connectivity index (χ3v) is 3.78. The van der Waals surface area contributed by atoms with Crippen molar-refractivity contribution in [2.45, 2.75) is 52.1 Å². The number of likely N-dealkylation sites (tertiary alicyclic amines) is 1. The Morgan fingerprint density at radius 1 is 1.28 bits per heavy atom. The van der Waals surface area contributed by atoms with Crippen molar-refractivity contribution in [3.63, 3.8) is 0 Å². The first-order valence-electron chi connectivity index (χ1n) is 6.59. The molecule has 2 rings (SSSR count). The molecule has 1 amide bonds. The Labute approximate surface area is 108 Å². The van der Waals surface area contributed by atoms with Gasteiger partial charge in [-0.3, -0.25) is 4.79 Å². The van der Waals surface area contributed by atoms with Crippen LogP contribution in [0.15, 0.2) is 18.2 Å². The molecule has 1 aromatic carbocycles. The molecule has 2 nitrogen and oxygen atoms in total. The fraction of sp³-hybridized carbons (Fsp3) is 0.533. The average molecular weight is 249 g/mol. The van der Waals surface area contributed by atoms with E-state index >= 15 is 0 Å². The summed E-state index contributed by atoms with van der Waals surface area (Å²) in [4.78, 5) is 14.3. The molecule has 0 radical (unpaired) electrons. The number of rotatable bonds is 1. The number of carbonyl (C=O) groups excluding carboxylic acids is 1. The number of amides is 1. The number of piperidine rings is 1. The molecule has 1 aliphatic rings. The van der Waals surface area contributed by atoms with E-state index in [0.29, 0.717) is 0 Å². The van der Waals surface area contributed by atoms with Gasteiger partial charge in [0.15, 0.2) is 0 Å². The van der Waals surface area contributed by atoms with Crippen molar-refractivity contribution in [1.82, 2.24) is 4.90 Å². The van der Waals surface area contributed by atoms with E-state index < -0.39 is 5.82 Å². The van der Waals surface area contributed by atoms with E-state index in [4.69, 9.17) is 0 Å². The molecule has 0 aliphatic carbocycles. The third-order valence-electron chi connectivity index (χ3n) is 3.78. The van der Waals surface area contributed by atoms with E-state index in [-0.39, 0.29) is 23.6 Å². The van der Waals surface area contributed by atoms with Gasteiger partial charge in [0.2, 0.25) is 0 Å². The van der Waals surface area contributed by atoms with Gasteiger partial charge in [-0.2, -0.15) is 0 Å². The molecule has 1 heterocycles. The molecular formula is C15H20FNO. The summed E-state index contributed by atoms with van der Waals surface area (Å²) in [7, 11) is 0. The Hall–Kier alpha value is -1.38. The SMILES string of the molecule is Cc1ccc(C(=O)N2[C@H](C)CCC[C@@H]2C)c(F)c1. The molecule has 0 saturated carbocycles. The quantitative estimate of drug-likeness (QED) is 0.745. The highest BCUT2D eigenvalue weighted by Crippen LogP contribution is 2.25. The van der Waals surface area contributed by atoms with Crippen LogP contribution in [0.2, 0.25) is 0 Å². The Morgan fingerprint density at radius 2 is 1.89 bits per heavy atom. The highest BCUT2D eigenvalue weighted by Gasteiger charge is 2.30. The van der Waals surface area contributed by atoms with Crippen LogP contribution in [0.1, 0.15) is 49.0 Å². The van der Waals surface area contributed by atoms with E-state index in [9.17, 15) is 9.18 Å². The molecule has 3 heteroatoms. The van der Waals surface area contributed by atoms with E-state index in [1.54, 1.807) is 12.1 Å². The first-order chi connectivity index (χ1) is 8.50. The van der Waals surface area contributed by atoms with E-state index in [1.807, 2.05) is 25.7 Å². The van der Waals surface area contributed by atoms with Crippen molar-refractivity contribution < 1.29 is 9.18 Å². The fourth-order valence-corrected chi connectivity index (χ4v) is 2.75. The Morgan fingerprint density at radius 3 is 2.44 bits per heavy atom. The van der Waals surface area contributed by atoms with Crippen LogP contribution in [-0.2, 0) is 0 Å². The molecule has 1 aromatic rings. The molecule has 98 valence electrons. The largest absolute Gasteiger partial charge is 0.333 e. The van der Waals surface area contributed by atoms with Crippen LogP contribution in [0.5, 0.6) is 0 Å². The second kappa shape index (κ2) is 5.09. The van der Waals surface area contributed by atoms with Crippen LogP contribution < -0.4 is 0 Å². The van der Waals surface area contributed by atoms with Crippen LogP contribution in [0, 0.1) is 12.7 Å². The maximum Gasteiger partial charge on any atom is 0.257 e. The van der Waals surface area contributed by atoms with Crippen LogP contribution in [0.3, 0.4) is 0 Å². The number of hydrogen-bond acceptors (Lipinski definition) is 1. The van der Waals surface area contributed by atoms with Gasteiger partial charge in [0, 0.05) is 12.1 Å². The standard InChI is InChI=1S/C15H20FNO/c1-10-7-8-13(14(16)9-10)15(18)17-11(2)5-4-6-12(17)3/h7-9,11-12H,4-6H2,1-3H3/t11-,12+. The van der Waals surface area contributed by atoms with Crippen molar-refractivity contribution >= 4 is 5.91 Å². The summed E-state index contributed by atoms with van der Waals surface area (Å²) in [5, 5.41) is 0. The zero-order valence-electron chi connectivity index (χ0n) is 11.2. The van der Waals surface area contributed by atoms with Crippen molar-refractivity contribution in [2.24, 2.45) is 0 Å². The Bertz CT molecular complexity index is 448. The zero-order chi connectivity index (χ0) is 13.3. The topological polar surface area (TPSA) is 20.3 Å². The number of nitrogens with zero attached hydrogens (tertiary/aromatic N) is 1. The molecule has 0 unspecified atom stereocenters. The first-order valence-corrected chi connectivity index (χ1v) is 6.59. The predicted molar refractivity (Wildman–Crippen MR) is 70.1 cm³/mol. The van der Waals surface area contributed by atoms with Crippen LogP contribution in [0.25, 0.3) is 0 Å². The zero-order valence-corrected chi connectivity index (χ0v) is 11.2. The monoisotopic (exact) mass is 249 g/mol. The summed E-state index contributed by atoms with van der Waals surface area (Å²) in [6.45, 7) is 5.91. The minimum atomic E-state index is -0.412. The molecule has 0 N–H and O–H groups in total. The van der Waals surface area contributed by atoms with Crippen LogP contribution in [0.4, 0.5) is 4.39 Å². The molecule has 2 atom stereocenters. The smallest absolute Gasteiger partial charge is 0.257 e. The average Bonchev–Trinajstić information content (AvgIpc) is 2.28. The third kappa shape index (κ3) is 2.40. The highest BCUT2D eigenvalue weighted by atomic mass is 19.1. The summed E-state index contributed by atoms with van der Waals surface area (Å²) in [6.07, 6.45) is 3.15.